The van der Waals surface area contributed by atoms with Crippen molar-refractivity contribution in [1.82, 2.24) is 9.80 Å². The van der Waals surface area contributed by atoms with Crippen LogP contribution in [0.5, 0.6) is 0 Å². The van der Waals surface area contributed by atoms with Gasteiger partial charge in [-0.3, -0.25) is 9.59 Å². The number of likely N-dealkylation sites (N-methyl/N-ethyl adjacent to an activating group) is 1. The van der Waals surface area contributed by atoms with Crippen molar-refractivity contribution >= 4 is 29.7 Å². The Balaban J connectivity index is 1.38. The van der Waals surface area contributed by atoms with Gasteiger partial charge in [0.25, 0.3) is 0 Å². The highest BCUT2D eigenvalue weighted by molar-refractivity contribution is 7.88. The van der Waals surface area contributed by atoms with E-state index in [1.165, 1.54) is 55.8 Å². The molecule has 0 radical (unpaired) electrons. The molecular weight excluding hydrogens is 852 g/mol. The summed E-state index contributed by atoms with van der Waals surface area (Å²) in [4.78, 5) is 31.5. The second-order valence-electron chi connectivity index (χ2n) is 21.2. The smallest absolute Gasteiger partial charge is 0.309 e. The number of cyclic esters (lactones) is 1. The fourth-order valence-electron chi connectivity index (χ4n) is 10.9. The first-order valence-corrected chi connectivity index (χ1v) is 27.8. The van der Waals surface area contributed by atoms with E-state index < -0.39 is 73.0 Å². The Morgan fingerprint density at radius 3 is 1.89 bits per heavy atom. The molecule has 12 heteroatoms. The Kier molecular flexibility index (Phi) is 22.1. The molecule has 374 valence electrons. The van der Waals surface area contributed by atoms with Crippen molar-refractivity contribution in [1.29, 1.82) is 0 Å². The summed E-state index contributed by atoms with van der Waals surface area (Å²) in [5, 5.41) is 50.5. The Hall–Kier alpha value is -2.47. The molecule has 2 aliphatic rings. The highest BCUT2D eigenvalue weighted by Crippen LogP contribution is 2.53. The Morgan fingerprint density at radius 2 is 1.36 bits per heavy atom. The van der Waals surface area contributed by atoms with Crippen LogP contribution in [0.1, 0.15) is 145 Å². The monoisotopic (exact) mass is 942 g/mol. The number of ether oxygens (including phenoxy) is 3. The maximum absolute atomic E-state index is 14.2. The number of esters is 1. The third kappa shape index (κ3) is 15.3. The summed E-state index contributed by atoms with van der Waals surface area (Å²) < 4.78 is 18.7. The van der Waals surface area contributed by atoms with Gasteiger partial charge < -0.3 is 44.4 Å². The maximum atomic E-state index is 14.2. The molecular formula is C54H90N2O9P+. The van der Waals surface area contributed by atoms with Crippen LogP contribution in [0.15, 0.2) is 60.7 Å². The average molecular weight is 942 g/mol. The summed E-state index contributed by atoms with van der Waals surface area (Å²) in [5.41, 5.74) is -3.33. The highest BCUT2D eigenvalue weighted by Gasteiger charge is 2.49. The fourth-order valence-corrected chi connectivity index (χ4v) is 14.2. The van der Waals surface area contributed by atoms with E-state index >= 15 is 0 Å². The molecule has 0 bridgehead atoms. The number of hydrogen-bond acceptors (Lipinski definition) is 10. The van der Waals surface area contributed by atoms with E-state index in [-0.39, 0.29) is 49.8 Å². The second kappa shape index (κ2) is 25.9. The van der Waals surface area contributed by atoms with Gasteiger partial charge in [-0.25, -0.2) is 0 Å². The number of carbonyl (C=O) groups is 2. The second-order valence-corrected chi connectivity index (χ2v) is 25.1. The van der Waals surface area contributed by atoms with Gasteiger partial charge in [0.05, 0.1) is 60.5 Å². The van der Waals surface area contributed by atoms with Crippen molar-refractivity contribution in [2.24, 2.45) is 17.8 Å². The number of unbranched alkanes of at least 4 members (excludes halogenated alkanes) is 8. The topological polar surface area (TPSA) is 149 Å². The predicted molar refractivity (Wildman–Crippen MR) is 269 cm³/mol. The van der Waals surface area contributed by atoms with Crippen LogP contribution >= 0.6 is 7.26 Å². The van der Waals surface area contributed by atoms with Crippen LogP contribution in [0.25, 0.3) is 0 Å². The zero-order chi connectivity index (χ0) is 48.8. The van der Waals surface area contributed by atoms with Crippen LogP contribution in [0.3, 0.4) is 0 Å². The van der Waals surface area contributed by atoms with Gasteiger partial charge in [0, 0.05) is 19.0 Å². The Bertz CT molecular complexity index is 1690. The Labute approximate surface area is 399 Å². The summed E-state index contributed by atoms with van der Waals surface area (Å²) in [5.74, 6) is -1.96. The van der Waals surface area contributed by atoms with Crippen molar-refractivity contribution in [2.75, 3.05) is 33.5 Å². The molecule has 2 aromatic rings. The molecule has 0 saturated carbocycles. The standard InChI is InChI=1S/C54H90N2O9P/c1-12-46-54(8,62)49(59)42(6)56(47(57)32-26-18-16-14-13-15-17-19-27-33-66(11,43-28-22-20-23-29-43)44-30-24-21-25-31-44)37-38(2)36-53(7,61)50(39(3)34-40(4)51(60)64-46)65-52-48(58)45(55(9)10)35-41(5)63-52/h20-25,28-31,38-42,45-46,48-50,52,58-59,61-62H,12-19,26-27,32-37H2,1-11H3/q+1/t38-,39+,40-,41-,42-,45+,46-,48-,49-,50-,52+,53-,54-/m1/s1. The normalized spacial score (nSPS) is 33.2. The molecule has 11 nitrogen and oxygen atoms in total. The van der Waals surface area contributed by atoms with Crippen LogP contribution in [0.2, 0.25) is 0 Å². The van der Waals surface area contributed by atoms with Gasteiger partial charge in [0.15, 0.2) is 6.29 Å². The van der Waals surface area contributed by atoms with E-state index in [2.05, 4.69) is 67.3 Å². The molecule has 66 heavy (non-hydrogen) atoms. The van der Waals surface area contributed by atoms with E-state index in [0.717, 1.165) is 19.3 Å². The first-order chi connectivity index (χ1) is 31.1. The largest absolute Gasteiger partial charge is 0.459 e. The van der Waals surface area contributed by atoms with Gasteiger partial charge in [0.2, 0.25) is 5.91 Å². The molecule has 2 fully saturated rings. The molecule has 0 spiro atoms. The molecule has 2 aromatic carbocycles. The summed E-state index contributed by atoms with van der Waals surface area (Å²) in [6, 6.07) is 21.0. The number of aliphatic hydroxyl groups is 4. The predicted octanol–water partition coefficient (Wildman–Crippen LogP) is 8.10. The molecule has 0 unspecified atom stereocenters. The van der Waals surface area contributed by atoms with Gasteiger partial charge in [-0.2, -0.15) is 0 Å². The van der Waals surface area contributed by atoms with Crippen molar-refractivity contribution in [3.63, 3.8) is 0 Å². The van der Waals surface area contributed by atoms with Crippen LogP contribution < -0.4 is 10.6 Å². The van der Waals surface area contributed by atoms with Crippen LogP contribution in [-0.2, 0) is 23.8 Å². The minimum Gasteiger partial charge on any atom is -0.459 e. The van der Waals surface area contributed by atoms with Gasteiger partial charge >= 0.3 is 5.97 Å². The molecule has 2 aliphatic heterocycles. The minimum absolute atomic E-state index is 0.128. The summed E-state index contributed by atoms with van der Waals surface area (Å²) in [6.07, 6.45) is 7.23. The summed E-state index contributed by atoms with van der Waals surface area (Å²) in [7, 11) is 2.38. The van der Waals surface area contributed by atoms with E-state index in [9.17, 15) is 30.0 Å². The van der Waals surface area contributed by atoms with Gasteiger partial charge in [0.1, 0.15) is 23.9 Å². The van der Waals surface area contributed by atoms with E-state index in [1.807, 2.05) is 39.8 Å². The SMILES string of the molecule is CC[C@H]1OC(=O)[C@H](C)C[C@H](C)[C@@H](O[C@@H]2O[C@H](C)C[C@H](N(C)C)[C@H]2O)[C@](C)(O)C[C@@H](C)CN(C(=O)CCCCCCCCCCC[P+](C)(c2ccccc2)c2ccccc2)[C@H](C)[C@@H](O)[C@]1(C)O. The van der Waals surface area contributed by atoms with Gasteiger partial charge in [-0.1, -0.05) is 103 Å². The van der Waals surface area contributed by atoms with E-state index in [4.69, 9.17) is 14.2 Å². The van der Waals surface area contributed by atoms with Gasteiger partial charge in [-0.05, 0) is 123 Å². The molecule has 4 rings (SSSR count). The molecule has 1 amide bonds. The first kappa shape index (κ1) is 56.1. The lowest BCUT2D eigenvalue weighted by Gasteiger charge is -2.46. The summed E-state index contributed by atoms with van der Waals surface area (Å²) >= 11 is 0. The van der Waals surface area contributed by atoms with Gasteiger partial charge in [-0.15, -0.1) is 0 Å². The Morgan fingerprint density at radius 1 is 0.833 bits per heavy atom. The molecule has 0 aromatic heterocycles. The quantitative estimate of drug-likeness (QED) is 0.0657. The number of carbonyl (C=O) groups excluding carboxylic acids is 2. The molecule has 0 aliphatic carbocycles. The lowest BCUT2D eigenvalue weighted by Crippen LogP contribution is -2.60. The van der Waals surface area contributed by atoms with Crippen molar-refractivity contribution in [2.45, 2.75) is 205 Å². The maximum Gasteiger partial charge on any atom is 0.309 e. The first-order valence-electron chi connectivity index (χ1n) is 25.4. The highest BCUT2D eigenvalue weighted by atomic mass is 31.2. The lowest BCUT2D eigenvalue weighted by atomic mass is 9.79. The summed E-state index contributed by atoms with van der Waals surface area (Å²) in [6.45, 7) is 17.0. The van der Waals surface area contributed by atoms with Crippen molar-refractivity contribution in [3.8, 4) is 0 Å². The number of benzene rings is 2. The number of aliphatic hydroxyl groups excluding tert-OH is 2. The van der Waals surface area contributed by atoms with E-state index in [1.54, 1.807) is 32.6 Å². The third-order valence-corrected chi connectivity index (χ3v) is 19.0. The van der Waals surface area contributed by atoms with E-state index in [0.29, 0.717) is 19.3 Å². The number of amides is 1. The van der Waals surface area contributed by atoms with Crippen LogP contribution in [-0.4, -0.2) is 136 Å². The molecule has 2 saturated heterocycles. The zero-order valence-electron chi connectivity index (χ0n) is 42.6. The minimum atomic E-state index is -1.85. The fraction of sp³-hybridized carbons (Fsp3) is 0.741. The molecule has 13 atom stereocenters. The van der Waals surface area contributed by atoms with Crippen molar-refractivity contribution in [3.05, 3.63) is 60.7 Å². The van der Waals surface area contributed by atoms with Crippen LogP contribution in [0.4, 0.5) is 0 Å². The molecule has 4 N–H and O–H groups in total. The number of hydrogen-bond donors (Lipinski definition) is 4. The number of rotatable bonds is 18. The van der Waals surface area contributed by atoms with Crippen molar-refractivity contribution < 1.29 is 44.2 Å². The lowest BCUT2D eigenvalue weighted by molar-refractivity contribution is -0.295. The number of nitrogens with zero attached hydrogens (tertiary/aromatic N) is 2. The third-order valence-electron chi connectivity index (χ3n) is 14.9. The van der Waals surface area contributed by atoms with Crippen LogP contribution in [0, 0.1) is 17.8 Å². The molecule has 2 heterocycles. The average Bonchev–Trinajstić information content (AvgIpc) is 3.28. The zero-order valence-corrected chi connectivity index (χ0v) is 43.5.